The maximum Gasteiger partial charge on any atom is 0.367 e. The molecular weight excluding hydrogens is 655 g/mol. The van der Waals surface area contributed by atoms with Crippen molar-refractivity contribution < 1.29 is 27.8 Å². The topological polar surface area (TPSA) is 270 Å². The van der Waals surface area contributed by atoms with Crippen LogP contribution in [0.1, 0.15) is 36.4 Å². The lowest BCUT2D eigenvalue weighted by Crippen LogP contribution is -2.33. The second-order valence-electron chi connectivity index (χ2n) is 11.0. The number of azide groups is 2. The highest BCUT2D eigenvalue weighted by Crippen LogP contribution is 2.50. The fourth-order valence-electron chi connectivity index (χ4n) is 5.20. The zero-order valence-corrected chi connectivity index (χ0v) is 26.5. The fraction of sp³-hybridized carbons (Fsp3) is 0.481. The number of hydrogen-bond donors (Lipinski definition) is 2. The Labute approximate surface area is 270 Å². The number of aromatic nitrogens is 4. The summed E-state index contributed by atoms with van der Waals surface area (Å²) in [5.74, 6) is 0.360. The summed E-state index contributed by atoms with van der Waals surface area (Å²) in [4.78, 5) is 58.7. The van der Waals surface area contributed by atoms with Gasteiger partial charge in [0.05, 0.1) is 37.5 Å². The van der Waals surface area contributed by atoms with Crippen LogP contribution in [0.2, 0.25) is 0 Å². The van der Waals surface area contributed by atoms with Crippen LogP contribution in [0, 0.1) is 13.8 Å². The highest BCUT2D eigenvalue weighted by molar-refractivity contribution is 7.53. The summed E-state index contributed by atoms with van der Waals surface area (Å²) < 4.78 is 45.6. The summed E-state index contributed by atoms with van der Waals surface area (Å²) in [7, 11) is -4.20. The van der Waals surface area contributed by atoms with Gasteiger partial charge in [0.2, 0.25) is 0 Å². The Kier molecular flexibility index (Phi) is 10.7. The number of nitrogens with zero attached hydrogens (tertiary/aromatic N) is 8. The van der Waals surface area contributed by atoms with Crippen LogP contribution in [0.25, 0.3) is 20.9 Å². The van der Waals surface area contributed by atoms with E-state index in [1.54, 1.807) is 30.3 Å². The molecule has 254 valence electrons. The highest BCUT2D eigenvalue weighted by atomic mass is 31.2. The van der Waals surface area contributed by atoms with Gasteiger partial charge in [0, 0.05) is 46.2 Å². The molecule has 2 aliphatic heterocycles. The van der Waals surface area contributed by atoms with E-state index in [1.165, 1.54) is 26.2 Å². The van der Waals surface area contributed by atoms with Crippen molar-refractivity contribution in [2.75, 3.05) is 19.6 Å². The third-order valence-corrected chi connectivity index (χ3v) is 9.25. The first-order chi connectivity index (χ1) is 23.0. The number of rotatable bonds is 13. The Bertz CT molecular complexity index is 1900. The van der Waals surface area contributed by atoms with E-state index < -0.39 is 86.4 Å². The summed E-state index contributed by atoms with van der Waals surface area (Å²) in [5.41, 5.74) is 16.2. The van der Waals surface area contributed by atoms with Gasteiger partial charge in [-0.3, -0.25) is 33.3 Å². The normalized spacial score (nSPS) is 24.7. The minimum absolute atomic E-state index is 0.0455. The van der Waals surface area contributed by atoms with Crippen molar-refractivity contribution in [3.8, 4) is 5.75 Å². The second-order valence-corrected chi connectivity index (χ2v) is 13.0. The number of benzene rings is 1. The lowest BCUT2D eigenvalue weighted by atomic mass is 10.1. The highest BCUT2D eigenvalue weighted by Gasteiger charge is 2.41. The Morgan fingerprint density at radius 3 is 1.73 bits per heavy atom. The molecule has 7 atom stereocenters. The molecule has 1 unspecified atom stereocenters. The van der Waals surface area contributed by atoms with Gasteiger partial charge in [-0.25, -0.2) is 9.59 Å². The number of ether oxygens (including phenoxy) is 3. The minimum Gasteiger partial charge on any atom is -0.481 e. The minimum atomic E-state index is -4.20. The van der Waals surface area contributed by atoms with E-state index in [2.05, 4.69) is 30.0 Å². The SMILES string of the molecule is Cc1cn([C@@H]2C[C@@H](N=[N+]=[N-])[C@H](COP(=O)(COc3ccccc3)OC[C@H]3O[C@@H](n4cc(C)c(=O)[nH]c4=O)C[C@@H]3N=[N+]=[N-])O2)c(=O)[nH]c1=O. The van der Waals surface area contributed by atoms with E-state index in [4.69, 9.17) is 34.3 Å². The average Bonchev–Trinajstić information content (AvgIpc) is 3.66. The van der Waals surface area contributed by atoms with Crippen molar-refractivity contribution in [3.63, 3.8) is 0 Å². The van der Waals surface area contributed by atoms with Gasteiger partial charge in [0.15, 0.2) is 6.35 Å². The summed E-state index contributed by atoms with van der Waals surface area (Å²) in [6.07, 6.45) is -1.69. The van der Waals surface area contributed by atoms with Crippen molar-refractivity contribution in [1.29, 1.82) is 0 Å². The number of para-hydroxylation sites is 1. The Morgan fingerprint density at radius 2 is 1.29 bits per heavy atom. The molecule has 2 saturated heterocycles. The first-order valence-corrected chi connectivity index (χ1v) is 16.3. The average molecular weight is 687 g/mol. The molecule has 1 aromatic carbocycles. The van der Waals surface area contributed by atoms with Crippen LogP contribution in [0.15, 0.2) is 72.1 Å². The summed E-state index contributed by atoms with van der Waals surface area (Å²) in [5, 5.41) is 7.50. The molecule has 3 aromatic rings. The van der Waals surface area contributed by atoms with Gasteiger partial charge in [-0.05, 0) is 37.0 Å². The van der Waals surface area contributed by atoms with E-state index in [9.17, 15) is 23.7 Å². The molecular formula is C27H31N10O10P. The lowest BCUT2D eigenvalue weighted by molar-refractivity contribution is -0.0354. The van der Waals surface area contributed by atoms with Gasteiger partial charge in [0.25, 0.3) is 11.1 Å². The summed E-state index contributed by atoms with van der Waals surface area (Å²) >= 11 is 0. The molecule has 20 nitrogen and oxygen atoms in total. The largest absolute Gasteiger partial charge is 0.481 e. The lowest BCUT2D eigenvalue weighted by Gasteiger charge is -2.24. The number of H-pyrrole nitrogens is 2. The van der Waals surface area contributed by atoms with E-state index in [-0.39, 0.29) is 24.0 Å². The standard InChI is InChI=1S/C27H31N10O10P/c1-15-10-36(26(40)30-24(15)38)22-8-18(32-34-28)20(46-22)12-44-48(42,14-43-17-6-4-3-5-7-17)45-13-21-19(33-35-29)9-23(47-21)37-11-16(2)25(39)31-27(37)41/h3-7,10-11,18-23H,8-9,12-14H2,1-2H3,(H,30,38,40)(H,31,39,41)/t18-,19+,20+,21-,22+,23-,48?. The molecule has 2 aliphatic rings. The number of hydrogen-bond acceptors (Lipinski definition) is 12. The molecule has 0 saturated carbocycles. The second kappa shape index (κ2) is 14.9. The van der Waals surface area contributed by atoms with Crippen molar-refractivity contribution in [1.82, 2.24) is 19.1 Å². The van der Waals surface area contributed by atoms with Crippen molar-refractivity contribution >= 4 is 7.60 Å². The van der Waals surface area contributed by atoms with Crippen LogP contribution in [0.4, 0.5) is 0 Å². The molecule has 2 aromatic heterocycles. The van der Waals surface area contributed by atoms with Crippen LogP contribution in [0.3, 0.4) is 0 Å². The summed E-state index contributed by atoms with van der Waals surface area (Å²) in [6.45, 7) is 2.18. The molecule has 48 heavy (non-hydrogen) atoms. The van der Waals surface area contributed by atoms with Gasteiger partial charge >= 0.3 is 19.0 Å². The molecule has 21 heteroatoms. The maximum absolute atomic E-state index is 14.1. The molecule has 0 amide bonds. The molecule has 0 spiro atoms. The molecule has 0 aliphatic carbocycles. The van der Waals surface area contributed by atoms with E-state index in [0.717, 1.165) is 9.13 Å². The van der Waals surface area contributed by atoms with E-state index in [1.807, 2.05) is 0 Å². The maximum atomic E-state index is 14.1. The molecule has 5 rings (SSSR count). The fourth-order valence-corrected chi connectivity index (χ4v) is 6.48. The third kappa shape index (κ3) is 7.95. The smallest absolute Gasteiger partial charge is 0.367 e. The first kappa shape index (κ1) is 34.4. The Balaban J connectivity index is 1.34. The number of aromatic amines is 2. The Morgan fingerprint density at radius 1 is 0.833 bits per heavy atom. The van der Waals surface area contributed by atoms with Gasteiger partial charge in [0.1, 0.15) is 18.2 Å². The molecule has 2 fully saturated rings. The zero-order chi connectivity index (χ0) is 34.4. The van der Waals surface area contributed by atoms with Crippen LogP contribution in [-0.4, -0.2) is 63.0 Å². The van der Waals surface area contributed by atoms with Gasteiger partial charge < -0.3 is 23.3 Å². The predicted octanol–water partition coefficient (Wildman–Crippen LogP) is 2.90. The zero-order valence-electron chi connectivity index (χ0n) is 25.6. The monoisotopic (exact) mass is 686 g/mol. The molecule has 0 radical (unpaired) electrons. The summed E-state index contributed by atoms with van der Waals surface area (Å²) in [6, 6.07) is 6.72. The Hall–Kier alpha value is -4.93. The van der Waals surface area contributed by atoms with Gasteiger partial charge in [-0.2, -0.15) is 0 Å². The van der Waals surface area contributed by atoms with Gasteiger partial charge in [-0.1, -0.05) is 28.4 Å². The van der Waals surface area contributed by atoms with E-state index >= 15 is 0 Å². The van der Waals surface area contributed by atoms with Crippen LogP contribution >= 0.6 is 7.60 Å². The molecule has 4 heterocycles. The third-order valence-electron chi connectivity index (χ3n) is 7.72. The molecule has 0 bridgehead atoms. The first-order valence-electron chi connectivity index (χ1n) is 14.6. The van der Waals surface area contributed by atoms with Crippen LogP contribution < -0.4 is 27.2 Å². The predicted molar refractivity (Wildman–Crippen MR) is 166 cm³/mol. The number of nitrogens with one attached hydrogen (secondary N) is 2. The van der Waals surface area contributed by atoms with Crippen LogP contribution in [0.5, 0.6) is 5.75 Å². The quantitative estimate of drug-likeness (QED) is 0.115. The van der Waals surface area contributed by atoms with Crippen molar-refractivity contribution in [2.45, 2.75) is 63.4 Å². The van der Waals surface area contributed by atoms with Crippen LogP contribution in [-0.2, 0) is 23.1 Å². The number of aryl methyl sites for hydroxylation is 2. The van der Waals surface area contributed by atoms with Crippen molar-refractivity contribution in [3.05, 3.63) is 116 Å². The van der Waals surface area contributed by atoms with Crippen molar-refractivity contribution in [2.24, 2.45) is 10.2 Å². The molecule has 2 N–H and O–H groups in total. The van der Waals surface area contributed by atoms with E-state index in [0.29, 0.717) is 5.75 Å². The van der Waals surface area contributed by atoms with Gasteiger partial charge in [-0.15, -0.1) is 0 Å².